The number of hydrogen-bond acceptors (Lipinski definition) is 5. The van der Waals surface area contributed by atoms with Crippen LogP contribution in [0.3, 0.4) is 0 Å². The van der Waals surface area contributed by atoms with Gasteiger partial charge in [0, 0.05) is 6.54 Å². The zero-order valence-electron chi connectivity index (χ0n) is 12.9. The minimum atomic E-state index is 0.422. The van der Waals surface area contributed by atoms with Crippen LogP contribution in [0, 0.1) is 0 Å². The standard InChI is InChI=1S/C17H20N6/c1-2-4-13(5-3-1)10-19-16-15-11-22-23(17(15)21-12-20-16)14-6-8-18-9-7-14/h1-5,11-12,14,18H,6-10H2,(H,19,20,21). The van der Waals surface area contributed by atoms with E-state index in [1.165, 1.54) is 5.56 Å². The molecule has 2 aromatic heterocycles. The van der Waals surface area contributed by atoms with E-state index in [1.807, 2.05) is 24.4 Å². The molecular weight excluding hydrogens is 288 g/mol. The number of benzene rings is 1. The molecule has 0 bridgehead atoms. The molecule has 6 nitrogen and oxygen atoms in total. The normalized spacial score (nSPS) is 15.8. The van der Waals surface area contributed by atoms with E-state index in [2.05, 4.69) is 42.5 Å². The van der Waals surface area contributed by atoms with Crippen molar-refractivity contribution >= 4 is 16.9 Å². The third kappa shape index (κ3) is 2.90. The SMILES string of the molecule is c1ccc(CNc2ncnc3c2cnn3C2CCNCC2)cc1. The number of nitrogens with zero attached hydrogens (tertiary/aromatic N) is 4. The minimum Gasteiger partial charge on any atom is -0.365 e. The molecule has 118 valence electrons. The lowest BCUT2D eigenvalue weighted by Crippen LogP contribution is -2.29. The maximum Gasteiger partial charge on any atom is 0.163 e. The zero-order valence-corrected chi connectivity index (χ0v) is 12.9. The van der Waals surface area contributed by atoms with Gasteiger partial charge in [-0.15, -0.1) is 0 Å². The van der Waals surface area contributed by atoms with Crippen LogP contribution < -0.4 is 10.6 Å². The average molecular weight is 308 g/mol. The summed E-state index contributed by atoms with van der Waals surface area (Å²) in [5, 5.41) is 12.4. The summed E-state index contributed by atoms with van der Waals surface area (Å²) in [5.41, 5.74) is 2.15. The molecule has 0 spiro atoms. The van der Waals surface area contributed by atoms with E-state index in [-0.39, 0.29) is 0 Å². The van der Waals surface area contributed by atoms with Crippen LogP contribution in [-0.4, -0.2) is 32.8 Å². The highest BCUT2D eigenvalue weighted by Gasteiger charge is 2.19. The molecule has 3 aromatic rings. The van der Waals surface area contributed by atoms with Gasteiger partial charge in [-0.3, -0.25) is 0 Å². The van der Waals surface area contributed by atoms with Crippen molar-refractivity contribution < 1.29 is 0 Å². The summed E-state index contributed by atoms with van der Waals surface area (Å²) in [6.45, 7) is 2.82. The molecule has 0 saturated carbocycles. The van der Waals surface area contributed by atoms with Crippen LogP contribution in [0.25, 0.3) is 11.0 Å². The second-order valence-corrected chi connectivity index (χ2v) is 5.87. The predicted molar refractivity (Wildman–Crippen MR) is 90.2 cm³/mol. The lowest BCUT2D eigenvalue weighted by molar-refractivity contribution is 0.349. The Kier molecular flexibility index (Phi) is 3.90. The maximum atomic E-state index is 4.58. The fourth-order valence-corrected chi connectivity index (χ4v) is 3.10. The van der Waals surface area contributed by atoms with Gasteiger partial charge in [0.15, 0.2) is 5.65 Å². The highest BCUT2D eigenvalue weighted by molar-refractivity contribution is 5.86. The third-order valence-electron chi connectivity index (χ3n) is 4.35. The first kappa shape index (κ1) is 14.1. The Morgan fingerprint density at radius 2 is 1.96 bits per heavy atom. The third-order valence-corrected chi connectivity index (χ3v) is 4.35. The molecule has 0 aliphatic carbocycles. The van der Waals surface area contributed by atoms with E-state index in [1.54, 1.807) is 6.33 Å². The number of aromatic nitrogens is 4. The van der Waals surface area contributed by atoms with E-state index in [4.69, 9.17) is 0 Å². The molecule has 1 aliphatic heterocycles. The summed E-state index contributed by atoms with van der Waals surface area (Å²) in [6, 6.07) is 10.7. The Balaban J connectivity index is 1.59. The van der Waals surface area contributed by atoms with Gasteiger partial charge in [0.2, 0.25) is 0 Å². The highest BCUT2D eigenvalue weighted by atomic mass is 15.3. The number of anilines is 1. The quantitative estimate of drug-likeness (QED) is 0.774. The van der Waals surface area contributed by atoms with Gasteiger partial charge < -0.3 is 10.6 Å². The van der Waals surface area contributed by atoms with E-state index < -0.39 is 0 Å². The van der Waals surface area contributed by atoms with E-state index in [0.717, 1.165) is 49.3 Å². The topological polar surface area (TPSA) is 67.7 Å². The van der Waals surface area contributed by atoms with Crippen molar-refractivity contribution in [3.63, 3.8) is 0 Å². The molecule has 0 amide bonds. The van der Waals surface area contributed by atoms with E-state index in [0.29, 0.717) is 6.04 Å². The molecule has 0 unspecified atom stereocenters. The summed E-state index contributed by atoms with van der Waals surface area (Å²) >= 11 is 0. The monoisotopic (exact) mass is 308 g/mol. The van der Waals surface area contributed by atoms with Gasteiger partial charge in [-0.05, 0) is 31.5 Å². The van der Waals surface area contributed by atoms with Crippen molar-refractivity contribution in [2.75, 3.05) is 18.4 Å². The number of piperidine rings is 1. The van der Waals surface area contributed by atoms with Crippen molar-refractivity contribution in [2.45, 2.75) is 25.4 Å². The summed E-state index contributed by atoms with van der Waals surface area (Å²) < 4.78 is 2.06. The molecule has 23 heavy (non-hydrogen) atoms. The molecule has 1 aromatic carbocycles. The first-order valence-electron chi connectivity index (χ1n) is 8.08. The fourth-order valence-electron chi connectivity index (χ4n) is 3.10. The van der Waals surface area contributed by atoms with Crippen molar-refractivity contribution in [2.24, 2.45) is 0 Å². The van der Waals surface area contributed by atoms with Crippen molar-refractivity contribution in [1.82, 2.24) is 25.1 Å². The van der Waals surface area contributed by atoms with Crippen molar-refractivity contribution in [1.29, 1.82) is 0 Å². The second kappa shape index (κ2) is 6.34. The Bertz CT molecular complexity index is 776. The first-order valence-corrected chi connectivity index (χ1v) is 8.08. The molecule has 4 rings (SSSR count). The van der Waals surface area contributed by atoms with Gasteiger partial charge in [-0.1, -0.05) is 30.3 Å². The number of nitrogens with one attached hydrogen (secondary N) is 2. The van der Waals surface area contributed by atoms with Crippen molar-refractivity contribution in [3.8, 4) is 0 Å². The fraction of sp³-hybridized carbons (Fsp3) is 0.353. The van der Waals surface area contributed by atoms with Gasteiger partial charge >= 0.3 is 0 Å². The average Bonchev–Trinajstić information content (AvgIpc) is 3.06. The highest BCUT2D eigenvalue weighted by Crippen LogP contribution is 2.25. The Labute approximate surface area is 135 Å². The van der Waals surface area contributed by atoms with Crippen molar-refractivity contribution in [3.05, 3.63) is 48.4 Å². The van der Waals surface area contributed by atoms with Gasteiger partial charge in [0.05, 0.1) is 17.6 Å². The van der Waals surface area contributed by atoms with Crippen LogP contribution >= 0.6 is 0 Å². The summed E-state index contributed by atoms with van der Waals surface area (Å²) in [7, 11) is 0. The summed E-state index contributed by atoms with van der Waals surface area (Å²) in [5.74, 6) is 0.846. The molecule has 1 aliphatic rings. The Morgan fingerprint density at radius 1 is 1.13 bits per heavy atom. The maximum absolute atomic E-state index is 4.58. The second-order valence-electron chi connectivity index (χ2n) is 5.87. The zero-order chi connectivity index (χ0) is 15.5. The van der Waals surface area contributed by atoms with Gasteiger partial charge in [-0.25, -0.2) is 14.6 Å². The van der Waals surface area contributed by atoms with E-state index >= 15 is 0 Å². The smallest absolute Gasteiger partial charge is 0.163 e. The van der Waals surface area contributed by atoms with Crippen LogP contribution in [0.1, 0.15) is 24.4 Å². The van der Waals surface area contributed by atoms with Gasteiger partial charge in [0.1, 0.15) is 12.1 Å². The number of fused-ring (bicyclic) bond motifs is 1. The molecule has 0 atom stereocenters. The number of hydrogen-bond donors (Lipinski definition) is 2. The predicted octanol–water partition coefficient (Wildman–Crippen LogP) is 2.36. The lowest BCUT2D eigenvalue weighted by Gasteiger charge is -2.23. The van der Waals surface area contributed by atoms with Crippen LogP contribution in [0.4, 0.5) is 5.82 Å². The lowest BCUT2D eigenvalue weighted by atomic mass is 10.1. The van der Waals surface area contributed by atoms with E-state index in [9.17, 15) is 0 Å². The number of rotatable bonds is 4. The molecule has 1 fully saturated rings. The molecular formula is C17H20N6. The minimum absolute atomic E-state index is 0.422. The molecule has 3 heterocycles. The molecule has 1 saturated heterocycles. The van der Waals surface area contributed by atoms with Crippen LogP contribution in [-0.2, 0) is 6.54 Å². The van der Waals surface area contributed by atoms with Crippen LogP contribution in [0.2, 0.25) is 0 Å². The molecule has 0 radical (unpaired) electrons. The van der Waals surface area contributed by atoms with Crippen LogP contribution in [0.15, 0.2) is 42.9 Å². The van der Waals surface area contributed by atoms with Gasteiger partial charge in [0.25, 0.3) is 0 Å². The molecule has 2 N–H and O–H groups in total. The summed E-state index contributed by atoms with van der Waals surface area (Å²) in [4.78, 5) is 8.85. The Hall–Kier alpha value is -2.47. The van der Waals surface area contributed by atoms with Gasteiger partial charge in [-0.2, -0.15) is 5.10 Å². The van der Waals surface area contributed by atoms with Crippen LogP contribution in [0.5, 0.6) is 0 Å². The largest absolute Gasteiger partial charge is 0.365 e. The Morgan fingerprint density at radius 3 is 2.78 bits per heavy atom. The summed E-state index contributed by atoms with van der Waals surface area (Å²) in [6.07, 6.45) is 5.68. The molecule has 6 heteroatoms. The first-order chi connectivity index (χ1) is 11.4.